The van der Waals surface area contributed by atoms with Crippen LogP contribution in [0.2, 0.25) is 0 Å². The van der Waals surface area contributed by atoms with Gasteiger partial charge in [-0.05, 0) is 48.5 Å². The lowest BCUT2D eigenvalue weighted by Gasteiger charge is -2.09. The minimum atomic E-state index is 0.857. The first-order valence-electron chi connectivity index (χ1n) is 11.0. The van der Waals surface area contributed by atoms with Crippen molar-refractivity contribution in [1.29, 1.82) is 0 Å². The van der Waals surface area contributed by atoms with Crippen LogP contribution in [0.3, 0.4) is 0 Å². The van der Waals surface area contributed by atoms with Crippen LogP contribution in [0.4, 0.5) is 5.69 Å². The van der Waals surface area contributed by atoms with E-state index < -0.39 is 0 Å². The van der Waals surface area contributed by atoms with Crippen molar-refractivity contribution in [3.05, 3.63) is 139 Å². The van der Waals surface area contributed by atoms with Gasteiger partial charge in [0.2, 0.25) is 0 Å². The van der Waals surface area contributed by atoms with Crippen LogP contribution in [-0.4, -0.2) is 15.3 Å². The number of rotatable bonds is 4. The van der Waals surface area contributed by atoms with Gasteiger partial charge in [-0.25, -0.2) is 4.99 Å². The van der Waals surface area contributed by atoms with Crippen LogP contribution < -0.4 is 0 Å². The molecule has 3 heteroatoms. The summed E-state index contributed by atoms with van der Waals surface area (Å²) in [6.45, 7) is 0. The van der Waals surface area contributed by atoms with E-state index in [-0.39, 0.29) is 0 Å². The Morgan fingerprint density at radius 1 is 0.576 bits per heavy atom. The molecule has 4 aromatic carbocycles. The van der Waals surface area contributed by atoms with Crippen LogP contribution in [-0.2, 0) is 0 Å². The molecule has 0 aliphatic rings. The van der Waals surface area contributed by atoms with Crippen LogP contribution >= 0.6 is 0 Å². The highest BCUT2D eigenvalue weighted by atomic mass is 15.0. The van der Waals surface area contributed by atoms with Crippen molar-refractivity contribution in [2.75, 3.05) is 0 Å². The summed E-state index contributed by atoms with van der Waals surface area (Å²) in [5.74, 6) is 0. The fraction of sp³-hybridized carbons (Fsp3) is 0. The summed E-state index contributed by atoms with van der Waals surface area (Å²) in [5, 5.41) is 2.52. The summed E-state index contributed by atoms with van der Waals surface area (Å²) in [6, 6.07) is 41.6. The molecule has 2 aromatic heterocycles. The second-order valence-corrected chi connectivity index (χ2v) is 7.93. The molecule has 0 saturated carbocycles. The maximum atomic E-state index is 4.99. The quantitative estimate of drug-likeness (QED) is 0.273. The topological polar surface area (TPSA) is 30.2 Å². The standard InChI is InChI=1S/C30H21N3/c1-2-10-22(11-3-1)30(27-14-8-9-21-31-27)32-23-17-19-24(20-18-23)33-28-15-6-4-12-25(28)26-13-5-7-16-29(26)33/h1-21H. The van der Waals surface area contributed by atoms with Gasteiger partial charge >= 0.3 is 0 Å². The van der Waals surface area contributed by atoms with Crippen molar-refractivity contribution in [1.82, 2.24) is 9.55 Å². The Morgan fingerprint density at radius 2 is 1.18 bits per heavy atom. The average Bonchev–Trinajstić information content (AvgIpc) is 3.23. The molecule has 6 aromatic rings. The van der Waals surface area contributed by atoms with Gasteiger partial charge in [0, 0.05) is 28.2 Å². The van der Waals surface area contributed by atoms with E-state index in [0.717, 1.165) is 28.3 Å². The summed E-state index contributed by atoms with van der Waals surface area (Å²) in [6.07, 6.45) is 1.80. The largest absolute Gasteiger partial charge is 0.309 e. The fourth-order valence-electron chi connectivity index (χ4n) is 4.37. The average molecular weight is 424 g/mol. The normalized spacial score (nSPS) is 11.8. The Hall–Kier alpha value is -4.50. The van der Waals surface area contributed by atoms with Gasteiger partial charge in [-0.1, -0.05) is 72.8 Å². The van der Waals surface area contributed by atoms with E-state index in [9.17, 15) is 0 Å². The Balaban J connectivity index is 1.47. The first-order valence-corrected chi connectivity index (χ1v) is 11.0. The summed E-state index contributed by atoms with van der Waals surface area (Å²) in [4.78, 5) is 9.53. The monoisotopic (exact) mass is 423 g/mol. The number of benzene rings is 4. The van der Waals surface area contributed by atoms with Gasteiger partial charge in [0.1, 0.15) is 0 Å². The minimum absolute atomic E-state index is 0.857. The van der Waals surface area contributed by atoms with Crippen LogP contribution in [0.25, 0.3) is 27.5 Å². The highest BCUT2D eigenvalue weighted by Crippen LogP contribution is 2.32. The number of fused-ring (bicyclic) bond motifs is 3. The number of para-hydroxylation sites is 2. The van der Waals surface area contributed by atoms with Crippen molar-refractivity contribution < 1.29 is 0 Å². The number of aromatic nitrogens is 2. The zero-order valence-corrected chi connectivity index (χ0v) is 18.0. The first kappa shape index (κ1) is 19.2. The molecule has 0 unspecified atom stereocenters. The second-order valence-electron chi connectivity index (χ2n) is 7.93. The molecule has 0 saturated heterocycles. The number of pyridine rings is 1. The van der Waals surface area contributed by atoms with Crippen LogP contribution in [0.5, 0.6) is 0 Å². The minimum Gasteiger partial charge on any atom is -0.309 e. The van der Waals surface area contributed by atoms with Crippen LogP contribution in [0.15, 0.2) is 133 Å². The molecule has 3 nitrogen and oxygen atoms in total. The second kappa shape index (κ2) is 8.21. The maximum Gasteiger partial charge on any atom is 0.0965 e. The van der Waals surface area contributed by atoms with E-state index >= 15 is 0 Å². The smallest absolute Gasteiger partial charge is 0.0965 e. The van der Waals surface area contributed by atoms with Gasteiger partial charge in [0.15, 0.2) is 0 Å². The Bertz CT molecular complexity index is 1480. The fourth-order valence-corrected chi connectivity index (χ4v) is 4.37. The summed E-state index contributed by atoms with van der Waals surface area (Å²) in [5.41, 5.74) is 7.18. The van der Waals surface area contributed by atoms with Gasteiger partial charge in [0.05, 0.1) is 28.1 Å². The lowest BCUT2D eigenvalue weighted by atomic mass is 10.1. The van der Waals surface area contributed by atoms with E-state index in [0.29, 0.717) is 0 Å². The van der Waals surface area contributed by atoms with Crippen molar-refractivity contribution in [2.45, 2.75) is 0 Å². The molecule has 0 N–H and O–H groups in total. The predicted octanol–water partition coefficient (Wildman–Crippen LogP) is 7.35. The zero-order chi connectivity index (χ0) is 22.0. The van der Waals surface area contributed by atoms with Crippen molar-refractivity contribution in [3.63, 3.8) is 0 Å². The molecule has 0 radical (unpaired) electrons. The van der Waals surface area contributed by atoms with Gasteiger partial charge < -0.3 is 4.57 Å². The molecular formula is C30H21N3. The molecule has 6 rings (SSSR count). The third kappa shape index (κ3) is 3.50. The summed E-state index contributed by atoms with van der Waals surface area (Å²) >= 11 is 0. The molecule has 0 fully saturated rings. The molecule has 0 atom stereocenters. The molecule has 0 bridgehead atoms. The van der Waals surface area contributed by atoms with Gasteiger partial charge in [-0.3, -0.25) is 4.98 Å². The maximum absolute atomic E-state index is 4.99. The molecule has 0 aliphatic carbocycles. The van der Waals surface area contributed by atoms with E-state index in [1.807, 2.05) is 36.4 Å². The molecule has 2 heterocycles. The van der Waals surface area contributed by atoms with Crippen LogP contribution in [0, 0.1) is 0 Å². The van der Waals surface area contributed by atoms with Gasteiger partial charge in [-0.15, -0.1) is 0 Å². The Morgan fingerprint density at radius 3 is 1.82 bits per heavy atom. The highest BCUT2D eigenvalue weighted by Gasteiger charge is 2.12. The first-order chi connectivity index (χ1) is 16.4. The molecule has 0 aliphatic heterocycles. The molecule has 0 spiro atoms. The molecular weight excluding hydrogens is 402 g/mol. The highest BCUT2D eigenvalue weighted by molar-refractivity contribution is 6.13. The van der Waals surface area contributed by atoms with E-state index in [1.165, 1.54) is 21.8 Å². The van der Waals surface area contributed by atoms with Crippen molar-refractivity contribution >= 4 is 33.2 Å². The lowest BCUT2D eigenvalue weighted by molar-refractivity contribution is 1.18. The van der Waals surface area contributed by atoms with E-state index in [1.54, 1.807) is 6.20 Å². The number of nitrogens with zero attached hydrogens (tertiary/aromatic N) is 3. The lowest BCUT2D eigenvalue weighted by Crippen LogP contribution is -2.05. The third-order valence-electron chi connectivity index (χ3n) is 5.88. The third-order valence-corrected chi connectivity index (χ3v) is 5.88. The Kier molecular flexibility index (Phi) is 4.78. The summed E-state index contributed by atoms with van der Waals surface area (Å²) in [7, 11) is 0. The van der Waals surface area contributed by atoms with Gasteiger partial charge in [0.25, 0.3) is 0 Å². The van der Waals surface area contributed by atoms with Gasteiger partial charge in [-0.2, -0.15) is 0 Å². The van der Waals surface area contributed by atoms with Crippen LogP contribution in [0.1, 0.15) is 11.3 Å². The number of aliphatic imine (C=N–C) groups is 1. The van der Waals surface area contributed by atoms with Crippen molar-refractivity contribution in [2.24, 2.45) is 4.99 Å². The molecule has 156 valence electrons. The SMILES string of the molecule is c1ccc(C(=Nc2ccc(-n3c4ccccc4c4ccccc43)cc2)c2ccccn2)cc1. The predicted molar refractivity (Wildman–Crippen MR) is 137 cm³/mol. The number of hydrogen-bond donors (Lipinski definition) is 0. The zero-order valence-electron chi connectivity index (χ0n) is 18.0. The van der Waals surface area contributed by atoms with E-state index in [4.69, 9.17) is 4.99 Å². The van der Waals surface area contributed by atoms with Crippen molar-refractivity contribution in [3.8, 4) is 5.69 Å². The van der Waals surface area contributed by atoms with E-state index in [2.05, 4.69) is 94.5 Å². The summed E-state index contributed by atoms with van der Waals surface area (Å²) < 4.78 is 2.31. The number of hydrogen-bond acceptors (Lipinski definition) is 2. The molecule has 0 amide bonds. The Labute approximate surface area is 192 Å². The molecule has 33 heavy (non-hydrogen) atoms.